The van der Waals surface area contributed by atoms with Crippen LogP contribution >= 0.6 is 0 Å². The van der Waals surface area contributed by atoms with E-state index in [9.17, 15) is 8.42 Å². The SMILES string of the molecule is COS(=O)(=O)N1CCN(c2cc(CCC3OCCCO3)nc(-c3ccc(C#N)cc3)n2)CC1. The highest BCUT2D eigenvalue weighted by Crippen LogP contribution is 2.24. The van der Waals surface area contributed by atoms with Crippen molar-refractivity contribution in [1.82, 2.24) is 14.3 Å². The summed E-state index contributed by atoms with van der Waals surface area (Å²) in [6.07, 6.45) is 2.00. The average molecular weight is 474 g/mol. The maximum Gasteiger partial charge on any atom is 0.338 e. The third-order valence-electron chi connectivity index (χ3n) is 5.66. The van der Waals surface area contributed by atoms with Crippen molar-refractivity contribution in [1.29, 1.82) is 5.26 Å². The second-order valence-electron chi connectivity index (χ2n) is 7.80. The van der Waals surface area contributed by atoms with Gasteiger partial charge in [-0.2, -0.15) is 18.0 Å². The minimum absolute atomic E-state index is 0.238. The Bertz CT molecular complexity index is 1090. The van der Waals surface area contributed by atoms with Gasteiger partial charge >= 0.3 is 10.3 Å². The van der Waals surface area contributed by atoms with Gasteiger partial charge in [0, 0.05) is 49.9 Å². The molecule has 0 unspecified atom stereocenters. The zero-order valence-electron chi connectivity index (χ0n) is 18.5. The third kappa shape index (κ3) is 5.85. The Morgan fingerprint density at radius 1 is 1.12 bits per heavy atom. The molecule has 0 saturated carbocycles. The largest absolute Gasteiger partial charge is 0.354 e. The van der Waals surface area contributed by atoms with Gasteiger partial charge in [0.25, 0.3) is 0 Å². The zero-order chi connectivity index (χ0) is 23.3. The number of aromatic nitrogens is 2. The van der Waals surface area contributed by atoms with E-state index in [-0.39, 0.29) is 6.29 Å². The lowest BCUT2D eigenvalue weighted by atomic mass is 10.1. The lowest BCUT2D eigenvalue weighted by Crippen LogP contribution is -2.49. The molecule has 0 amide bonds. The van der Waals surface area contributed by atoms with Crippen LogP contribution in [0.4, 0.5) is 5.82 Å². The molecule has 0 spiro atoms. The minimum atomic E-state index is -3.69. The van der Waals surface area contributed by atoms with Crippen molar-refractivity contribution < 1.29 is 22.1 Å². The van der Waals surface area contributed by atoms with Crippen molar-refractivity contribution in [3.8, 4) is 17.5 Å². The number of hydrogen-bond acceptors (Lipinski definition) is 9. The summed E-state index contributed by atoms with van der Waals surface area (Å²) in [5.41, 5.74) is 2.23. The van der Waals surface area contributed by atoms with Crippen LogP contribution in [0.5, 0.6) is 0 Å². The molecular formula is C22H27N5O5S. The van der Waals surface area contributed by atoms with Gasteiger partial charge in [0.05, 0.1) is 32.0 Å². The van der Waals surface area contributed by atoms with E-state index in [4.69, 9.17) is 24.7 Å². The number of rotatable bonds is 7. The molecule has 0 atom stereocenters. The molecule has 2 fully saturated rings. The molecule has 1 aromatic carbocycles. The molecule has 0 bridgehead atoms. The van der Waals surface area contributed by atoms with E-state index in [1.54, 1.807) is 12.1 Å². The number of hydrogen-bond donors (Lipinski definition) is 0. The first-order valence-corrected chi connectivity index (χ1v) is 12.3. The van der Waals surface area contributed by atoms with Gasteiger partial charge < -0.3 is 14.4 Å². The van der Waals surface area contributed by atoms with Crippen LogP contribution in [0, 0.1) is 11.3 Å². The van der Waals surface area contributed by atoms with E-state index in [1.165, 1.54) is 11.4 Å². The van der Waals surface area contributed by atoms with Gasteiger partial charge in [-0.15, -0.1) is 0 Å². The summed E-state index contributed by atoms with van der Waals surface area (Å²) < 4.78 is 41.3. The highest BCUT2D eigenvalue weighted by molar-refractivity contribution is 7.84. The van der Waals surface area contributed by atoms with Crippen LogP contribution in [0.2, 0.25) is 0 Å². The fraction of sp³-hybridized carbons (Fsp3) is 0.500. The van der Waals surface area contributed by atoms with Crippen LogP contribution in [0.3, 0.4) is 0 Å². The lowest BCUT2D eigenvalue weighted by Gasteiger charge is -2.34. The Hall–Kier alpha value is -2.62. The van der Waals surface area contributed by atoms with Crippen LogP contribution in [0.15, 0.2) is 30.3 Å². The Morgan fingerprint density at radius 3 is 2.45 bits per heavy atom. The number of nitriles is 1. The summed E-state index contributed by atoms with van der Waals surface area (Å²) in [6.45, 7) is 2.99. The van der Waals surface area contributed by atoms with Gasteiger partial charge in [0.15, 0.2) is 12.1 Å². The molecule has 11 heteroatoms. The average Bonchev–Trinajstić information content (AvgIpc) is 2.88. The Kier molecular flexibility index (Phi) is 7.52. The normalized spacial score (nSPS) is 18.2. The molecule has 0 aliphatic carbocycles. The molecular weight excluding hydrogens is 446 g/mol. The minimum Gasteiger partial charge on any atom is -0.354 e. The first kappa shape index (κ1) is 23.5. The first-order valence-electron chi connectivity index (χ1n) is 10.9. The maximum atomic E-state index is 12.0. The standard InChI is InChI=1S/C22H27N5O5S/c1-30-33(28,29)27-11-9-26(10-12-27)20-15-19(7-8-21-31-13-2-14-32-21)24-22(25-20)18-5-3-17(16-23)4-6-18/h3-6,15,21H,2,7-14H2,1H3. The van der Waals surface area contributed by atoms with Crippen LogP contribution in [-0.2, 0) is 30.4 Å². The lowest BCUT2D eigenvalue weighted by molar-refractivity contribution is -0.180. The van der Waals surface area contributed by atoms with Crippen molar-refractivity contribution in [2.45, 2.75) is 25.6 Å². The van der Waals surface area contributed by atoms with Crippen molar-refractivity contribution in [2.24, 2.45) is 0 Å². The molecule has 176 valence electrons. The van der Waals surface area contributed by atoms with E-state index in [0.29, 0.717) is 63.6 Å². The number of ether oxygens (including phenoxy) is 2. The molecule has 0 N–H and O–H groups in total. The summed E-state index contributed by atoms with van der Waals surface area (Å²) in [4.78, 5) is 11.6. The van der Waals surface area contributed by atoms with E-state index < -0.39 is 10.3 Å². The van der Waals surface area contributed by atoms with Crippen LogP contribution in [0.1, 0.15) is 24.1 Å². The maximum absolute atomic E-state index is 12.0. The number of benzene rings is 1. The fourth-order valence-corrected chi connectivity index (χ4v) is 4.63. The summed E-state index contributed by atoms with van der Waals surface area (Å²) in [5, 5.41) is 9.08. The molecule has 0 radical (unpaired) electrons. The molecule has 33 heavy (non-hydrogen) atoms. The monoisotopic (exact) mass is 473 g/mol. The molecule has 2 saturated heterocycles. The second kappa shape index (κ2) is 10.5. The Balaban J connectivity index is 1.56. The van der Waals surface area contributed by atoms with Gasteiger partial charge in [-0.05, 0) is 37.1 Å². The third-order valence-corrected chi connectivity index (χ3v) is 7.08. The van der Waals surface area contributed by atoms with Gasteiger partial charge in [-0.25, -0.2) is 9.97 Å². The summed E-state index contributed by atoms with van der Waals surface area (Å²) in [7, 11) is -2.53. The van der Waals surface area contributed by atoms with Gasteiger partial charge in [0.2, 0.25) is 0 Å². The van der Waals surface area contributed by atoms with Crippen molar-refractivity contribution >= 4 is 16.1 Å². The van der Waals surface area contributed by atoms with Crippen molar-refractivity contribution in [3.05, 3.63) is 41.6 Å². The van der Waals surface area contributed by atoms with Crippen LogP contribution < -0.4 is 4.90 Å². The molecule has 10 nitrogen and oxygen atoms in total. The highest BCUT2D eigenvalue weighted by atomic mass is 32.2. The van der Waals surface area contributed by atoms with Crippen molar-refractivity contribution in [3.63, 3.8) is 0 Å². The topological polar surface area (TPSA) is 118 Å². The molecule has 4 rings (SSSR count). The summed E-state index contributed by atoms with van der Waals surface area (Å²) >= 11 is 0. The summed E-state index contributed by atoms with van der Waals surface area (Å²) in [5.74, 6) is 1.30. The predicted octanol–water partition coefficient (Wildman–Crippen LogP) is 1.72. The van der Waals surface area contributed by atoms with Gasteiger partial charge in [-0.1, -0.05) is 0 Å². The second-order valence-corrected chi connectivity index (χ2v) is 9.51. The van der Waals surface area contributed by atoms with Gasteiger partial charge in [0.1, 0.15) is 5.82 Å². The molecule has 2 aliphatic rings. The molecule has 2 aromatic rings. The molecule has 1 aromatic heterocycles. The zero-order valence-corrected chi connectivity index (χ0v) is 19.3. The number of aryl methyl sites for hydroxylation is 1. The fourth-order valence-electron chi connectivity index (χ4n) is 3.81. The van der Waals surface area contributed by atoms with Crippen LogP contribution in [-0.4, -0.2) is 75.5 Å². The van der Waals surface area contributed by atoms with Crippen LogP contribution in [0.25, 0.3) is 11.4 Å². The first-order chi connectivity index (χ1) is 16.0. The number of piperazine rings is 1. The quantitative estimate of drug-likeness (QED) is 0.592. The molecule has 2 aliphatic heterocycles. The number of nitrogens with zero attached hydrogens (tertiary/aromatic N) is 5. The number of anilines is 1. The van der Waals surface area contributed by atoms with E-state index in [2.05, 4.69) is 10.3 Å². The van der Waals surface area contributed by atoms with E-state index in [0.717, 1.165) is 23.5 Å². The van der Waals surface area contributed by atoms with Crippen molar-refractivity contribution in [2.75, 3.05) is 51.4 Å². The summed E-state index contributed by atoms with van der Waals surface area (Å²) in [6, 6.07) is 11.2. The van der Waals surface area contributed by atoms with E-state index in [1.807, 2.05) is 23.1 Å². The highest BCUT2D eigenvalue weighted by Gasteiger charge is 2.28. The Morgan fingerprint density at radius 2 is 1.82 bits per heavy atom. The van der Waals surface area contributed by atoms with E-state index >= 15 is 0 Å². The predicted molar refractivity (Wildman–Crippen MR) is 121 cm³/mol. The smallest absolute Gasteiger partial charge is 0.338 e. The molecule has 3 heterocycles. The Labute approximate surface area is 194 Å². The van der Waals surface area contributed by atoms with Gasteiger partial charge in [-0.3, -0.25) is 4.18 Å².